The highest BCUT2D eigenvalue weighted by Crippen LogP contribution is 2.24. The van der Waals surface area contributed by atoms with Crippen LogP contribution in [0, 0.1) is 6.92 Å². The summed E-state index contributed by atoms with van der Waals surface area (Å²) in [5.74, 6) is 0. The van der Waals surface area contributed by atoms with Gasteiger partial charge in [-0.05, 0) is 31.0 Å². The quantitative estimate of drug-likeness (QED) is 0.903. The van der Waals surface area contributed by atoms with E-state index in [0.717, 1.165) is 26.3 Å². The summed E-state index contributed by atoms with van der Waals surface area (Å²) in [6.45, 7) is 12.4. The van der Waals surface area contributed by atoms with Crippen molar-refractivity contribution >= 4 is 5.69 Å². The van der Waals surface area contributed by atoms with Gasteiger partial charge in [0.2, 0.25) is 0 Å². The minimum atomic E-state index is 0.465. The van der Waals surface area contributed by atoms with Crippen molar-refractivity contribution in [3.63, 3.8) is 0 Å². The molecule has 1 heterocycles. The van der Waals surface area contributed by atoms with Crippen LogP contribution < -0.4 is 10.2 Å². The molecule has 2 rings (SSSR count). The molecule has 1 aliphatic rings. The number of benzene rings is 1. The summed E-state index contributed by atoms with van der Waals surface area (Å²) in [7, 11) is 0. The molecule has 0 aliphatic carbocycles. The summed E-state index contributed by atoms with van der Waals surface area (Å²) in [5.41, 5.74) is 4.07. The van der Waals surface area contributed by atoms with Crippen molar-refractivity contribution in [2.75, 3.05) is 24.7 Å². The lowest BCUT2D eigenvalue weighted by Gasteiger charge is -2.36. The van der Waals surface area contributed by atoms with E-state index >= 15 is 0 Å². The highest BCUT2D eigenvalue weighted by molar-refractivity contribution is 5.55. The Morgan fingerprint density at radius 1 is 1.42 bits per heavy atom. The first-order chi connectivity index (χ1) is 9.08. The zero-order chi connectivity index (χ0) is 13.8. The van der Waals surface area contributed by atoms with Gasteiger partial charge < -0.3 is 15.0 Å². The molecule has 0 bridgehead atoms. The number of ether oxygens (including phenoxy) is 1. The van der Waals surface area contributed by atoms with E-state index in [1.54, 1.807) is 0 Å². The second-order valence-electron chi connectivity index (χ2n) is 5.77. The SMILES string of the molecule is Cc1cc(CNC(C)C)ccc1N1CCOCC1C. The molecular formula is C16H26N2O. The first kappa shape index (κ1) is 14.4. The predicted octanol–water partition coefficient (Wildman–Crippen LogP) is 2.72. The zero-order valence-corrected chi connectivity index (χ0v) is 12.6. The Labute approximate surface area is 116 Å². The van der Waals surface area contributed by atoms with E-state index < -0.39 is 0 Å². The molecule has 3 heteroatoms. The maximum atomic E-state index is 5.51. The van der Waals surface area contributed by atoms with Crippen molar-refractivity contribution in [1.29, 1.82) is 0 Å². The zero-order valence-electron chi connectivity index (χ0n) is 12.6. The van der Waals surface area contributed by atoms with Crippen molar-refractivity contribution in [1.82, 2.24) is 5.32 Å². The molecular weight excluding hydrogens is 236 g/mol. The number of aryl methyl sites for hydroxylation is 1. The van der Waals surface area contributed by atoms with Crippen molar-refractivity contribution < 1.29 is 4.74 Å². The Bertz CT molecular complexity index is 417. The standard InChI is InChI=1S/C16H26N2O/c1-12(2)17-10-15-5-6-16(13(3)9-15)18-7-8-19-11-14(18)4/h5-6,9,12,14,17H,7-8,10-11H2,1-4H3. The van der Waals surface area contributed by atoms with Gasteiger partial charge in [0.05, 0.1) is 13.2 Å². The molecule has 0 aromatic heterocycles. The minimum absolute atomic E-state index is 0.465. The van der Waals surface area contributed by atoms with Crippen molar-refractivity contribution in [2.45, 2.75) is 46.3 Å². The van der Waals surface area contributed by atoms with Gasteiger partial charge in [-0.25, -0.2) is 0 Å². The van der Waals surface area contributed by atoms with Crippen LogP contribution in [-0.4, -0.2) is 31.8 Å². The Kier molecular flexibility index (Phi) is 4.83. The van der Waals surface area contributed by atoms with Crippen LogP contribution in [0.1, 0.15) is 31.9 Å². The topological polar surface area (TPSA) is 24.5 Å². The van der Waals surface area contributed by atoms with Crippen LogP contribution in [0.2, 0.25) is 0 Å². The lowest BCUT2D eigenvalue weighted by atomic mass is 10.1. The number of hydrogen-bond acceptors (Lipinski definition) is 3. The molecule has 19 heavy (non-hydrogen) atoms. The average molecular weight is 262 g/mol. The molecule has 106 valence electrons. The van der Waals surface area contributed by atoms with Crippen LogP contribution in [0.25, 0.3) is 0 Å². The van der Waals surface area contributed by atoms with Gasteiger partial charge >= 0.3 is 0 Å². The molecule has 1 unspecified atom stereocenters. The van der Waals surface area contributed by atoms with E-state index in [9.17, 15) is 0 Å². The smallest absolute Gasteiger partial charge is 0.0668 e. The molecule has 1 fully saturated rings. The first-order valence-electron chi connectivity index (χ1n) is 7.25. The number of rotatable bonds is 4. The molecule has 1 N–H and O–H groups in total. The summed E-state index contributed by atoms with van der Waals surface area (Å²) in [4.78, 5) is 2.46. The van der Waals surface area contributed by atoms with Crippen LogP contribution in [0.4, 0.5) is 5.69 Å². The number of anilines is 1. The van der Waals surface area contributed by atoms with E-state index in [0.29, 0.717) is 12.1 Å². The summed E-state index contributed by atoms with van der Waals surface area (Å²) < 4.78 is 5.51. The van der Waals surface area contributed by atoms with Gasteiger partial charge in [0.25, 0.3) is 0 Å². The first-order valence-corrected chi connectivity index (χ1v) is 7.25. The van der Waals surface area contributed by atoms with Gasteiger partial charge in [-0.1, -0.05) is 26.0 Å². The fraction of sp³-hybridized carbons (Fsp3) is 0.625. The van der Waals surface area contributed by atoms with Crippen LogP contribution in [-0.2, 0) is 11.3 Å². The molecule has 1 atom stereocenters. The Morgan fingerprint density at radius 2 is 2.21 bits per heavy atom. The highest BCUT2D eigenvalue weighted by Gasteiger charge is 2.20. The molecule has 1 aromatic carbocycles. The Hall–Kier alpha value is -1.06. The number of hydrogen-bond donors (Lipinski definition) is 1. The summed E-state index contributed by atoms with van der Waals surface area (Å²) in [6.07, 6.45) is 0. The molecule has 1 aromatic rings. The molecule has 0 radical (unpaired) electrons. The second kappa shape index (κ2) is 6.40. The maximum absolute atomic E-state index is 5.51. The van der Waals surface area contributed by atoms with Crippen LogP contribution in [0.5, 0.6) is 0 Å². The van der Waals surface area contributed by atoms with Crippen molar-refractivity contribution in [2.24, 2.45) is 0 Å². The molecule has 0 spiro atoms. The van der Waals surface area contributed by atoms with Crippen LogP contribution in [0.3, 0.4) is 0 Å². The van der Waals surface area contributed by atoms with Gasteiger partial charge in [-0.2, -0.15) is 0 Å². The van der Waals surface area contributed by atoms with Crippen molar-refractivity contribution in [3.05, 3.63) is 29.3 Å². The van der Waals surface area contributed by atoms with E-state index in [-0.39, 0.29) is 0 Å². The van der Waals surface area contributed by atoms with E-state index in [1.807, 2.05) is 0 Å². The summed E-state index contributed by atoms with van der Waals surface area (Å²) in [5, 5.41) is 3.46. The molecule has 1 aliphatic heterocycles. The van der Waals surface area contributed by atoms with Gasteiger partial charge in [0, 0.05) is 30.9 Å². The van der Waals surface area contributed by atoms with Gasteiger partial charge in [-0.15, -0.1) is 0 Å². The van der Waals surface area contributed by atoms with Gasteiger partial charge in [0.1, 0.15) is 0 Å². The summed E-state index contributed by atoms with van der Waals surface area (Å²) in [6, 6.07) is 7.78. The normalized spacial score (nSPS) is 20.1. The van der Waals surface area contributed by atoms with E-state index in [2.05, 4.69) is 56.1 Å². The average Bonchev–Trinajstić information content (AvgIpc) is 2.38. The molecule has 0 amide bonds. The predicted molar refractivity (Wildman–Crippen MR) is 80.8 cm³/mol. The molecule has 0 saturated carbocycles. The van der Waals surface area contributed by atoms with Crippen molar-refractivity contribution in [3.8, 4) is 0 Å². The largest absolute Gasteiger partial charge is 0.377 e. The number of nitrogens with one attached hydrogen (secondary N) is 1. The number of nitrogens with zero attached hydrogens (tertiary/aromatic N) is 1. The summed E-state index contributed by atoms with van der Waals surface area (Å²) >= 11 is 0. The molecule has 1 saturated heterocycles. The Morgan fingerprint density at radius 3 is 2.84 bits per heavy atom. The number of morpholine rings is 1. The monoisotopic (exact) mass is 262 g/mol. The third kappa shape index (κ3) is 3.71. The van der Waals surface area contributed by atoms with Gasteiger partial charge in [0.15, 0.2) is 0 Å². The minimum Gasteiger partial charge on any atom is -0.377 e. The lowest BCUT2D eigenvalue weighted by Crippen LogP contribution is -2.44. The molecule has 3 nitrogen and oxygen atoms in total. The third-order valence-electron chi connectivity index (χ3n) is 3.65. The van der Waals surface area contributed by atoms with E-state index in [4.69, 9.17) is 4.74 Å². The highest BCUT2D eigenvalue weighted by atomic mass is 16.5. The fourth-order valence-electron chi connectivity index (χ4n) is 2.56. The second-order valence-corrected chi connectivity index (χ2v) is 5.77. The third-order valence-corrected chi connectivity index (χ3v) is 3.65. The fourth-order valence-corrected chi connectivity index (χ4v) is 2.56. The van der Waals surface area contributed by atoms with Crippen LogP contribution >= 0.6 is 0 Å². The van der Waals surface area contributed by atoms with Gasteiger partial charge in [-0.3, -0.25) is 0 Å². The maximum Gasteiger partial charge on any atom is 0.0668 e. The lowest BCUT2D eigenvalue weighted by molar-refractivity contribution is 0.0989. The van der Waals surface area contributed by atoms with Crippen LogP contribution in [0.15, 0.2) is 18.2 Å². The van der Waals surface area contributed by atoms with E-state index in [1.165, 1.54) is 16.8 Å². The Balaban J connectivity index is 2.10.